The van der Waals surface area contributed by atoms with Crippen LogP contribution in [0.3, 0.4) is 0 Å². The van der Waals surface area contributed by atoms with E-state index in [1.54, 1.807) is 0 Å². The van der Waals surface area contributed by atoms with E-state index in [-0.39, 0.29) is 12.4 Å². The van der Waals surface area contributed by atoms with Crippen molar-refractivity contribution in [1.82, 2.24) is 5.32 Å². The number of nitrogens with zero attached hydrogens (tertiary/aromatic N) is 2. The van der Waals surface area contributed by atoms with Crippen molar-refractivity contribution in [3.63, 3.8) is 0 Å². The first-order valence-corrected chi connectivity index (χ1v) is 6.27. The van der Waals surface area contributed by atoms with Crippen LogP contribution in [0.1, 0.15) is 5.56 Å². The fourth-order valence-electron chi connectivity index (χ4n) is 2.51. The molecule has 0 aliphatic carbocycles. The Bertz CT molecular complexity index is 612. The maximum absolute atomic E-state index is 9.02. The summed E-state index contributed by atoms with van der Waals surface area (Å²) >= 11 is 0. The smallest absolute Gasteiger partial charge is 0.0991 e. The lowest BCUT2D eigenvalue weighted by Crippen LogP contribution is -2.43. The summed E-state index contributed by atoms with van der Waals surface area (Å²) in [7, 11) is 0. The van der Waals surface area contributed by atoms with E-state index in [9.17, 15) is 0 Å². The van der Waals surface area contributed by atoms with Crippen molar-refractivity contribution < 1.29 is 0 Å². The molecule has 3 rings (SSSR count). The Morgan fingerprint density at radius 2 is 1.89 bits per heavy atom. The molecule has 1 saturated heterocycles. The lowest BCUT2D eigenvalue weighted by molar-refractivity contribution is 0.590. The van der Waals surface area contributed by atoms with Gasteiger partial charge < -0.3 is 10.2 Å². The van der Waals surface area contributed by atoms with Crippen molar-refractivity contribution in [2.45, 2.75) is 0 Å². The molecule has 0 saturated carbocycles. The zero-order valence-electron chi connectivity index (χ0n) is 10.6. The van der Waals surface area contributed by atoms with E-state index in [4.69, 9.17) is 5.26 Å². The maximum atomic E-state index is 9.02. The third-order valence-electron chi connectivity index (χ3n) is 3.45. The molecule has 0 bridgehead atoms. The summed E-state index contributed by atoms with van der Waals surface area (Å²) in [5.41, 5.74) is 1.97. The Hall–Kier alpha value is -1.76. The molecule has 1 fully saturated rings. The average Bonchev–Trinajstić information content (AvgIpc) is 2.47. The standard InChI is InChI=1S/C15H15N3.ClH/c16-11-12-4-5-13-2-1-3-15(14(13)10-12)18-8-6-17-7-9-18;/h1-5,10,17H,6-9H2;1H. The summed E-state index contributed by atoms with van der Waals surface area (Å²) in [5, 5.41) is 14.8. The van der Waals surface area contributed by atoms with Crippen molar-refractivity contribution >= 4 is 28.9 Å². The van der Waals surface area contributed by atoms with Gasteiger partial charge in [-0.3, -0.25) is 0 Å². The molecule has 19 heavy (non-hydrogen) atoms. The predicted octanol–water partition coefficient (Wildman–Crippen LogP) is 2.54. The number of nitrogens with one attached hydrogen (secondary N) is 1. The van der Waals surface area contributed by atoms with Crippen molar-refractivity contribution in [2.24, 2.45) is 0 Å². The quantitative estimate of drug-likeness (QED) is 0.868. The van der Waals surface area contributed by atoms with Crippen LogP contribution in [-0.2, 0) is 0 Å². The Balaban J connectivity index is 0.00000133. The minimum Gasteiger partial charge on any atom is -0.368 e. The van der Waals surface area contributed by atoms with Crippen LogP contribution in [0.25, 0.3) is 10.8 Å². The van der Waals surface area contributed by atoms with Crippen LogP contribution in [0, 0.1) is 11.3 Å². The van der Waals surface area contributed by atoms with Gasteiger partial charge in [0.2, 0.25) is 0 Å². The third-order valence-corrected chi connectivity index (χ3v) is 3.45. The van der Waals surface area contributed by atoms with Crippen molar-refractivity contribution in [1.29, 1.82) is 5.26 Å². The van der Waals surface area contributed by atoms with Gasteiger partial charge in [0.25, 0.3) is 0 Å². The van der Waals surface area contributed by atoms with Crippen LogP contribution in [-0.4, -0.2) is 26.2 Å². The van der Waals surface area contributed by atoms with Gasteiger partial charge in [-0.15, -0.1) is 12.4 Å². The zero-order valence-corrected chi connectivity index (χ0v) is 11.4. The second-order valence-corrected chi connectivity index (χ2v) is 4.56. The minimum absolute atomic E-state index is 0. The monoisotopic (exact) mass is 273 g/mol. The SMILES string of the molecule is Cl.N#Cc1ccc2cccc(N3CCNCC3)c2c1. The molecule has 0 atom stereocenters. The Labute approximate surface area is 119 Å². The maximum Gasteiger partial charge on any atom is 0.0991 e. The molecule has 0 aromatic heterocycles. The summed E-state index contributed by atoms with van der Waals surface area (Å²) in [6, 6.07) is 14.5. The Morgan fingerprint density at radius 3 is 2.63 bits per heavy atom. The number of anilines is 1. The number of fused-ring (bicyclic) bond motifs is 1. The highest BCUT2D eigenvalue weighted by atomic mass is 35.5. The summed E-state index contributed by atoms with van der Waals surface area (Å²) in [6.45, 7) is 4.09. The van der Waals surface area contributed by atoms with Crippen molar-refractivity contribution in [2.75, 3.05) is 31.1 Å². The first kappa shape index (κ1) is 13.7. The van der Waals surface area contributed by atoms with E-state index in [0.29, 0.717) is 0 Å². The van der Waals surface area contributed by atoms with Crippen LogP contribution in [0.15, 0.2) is 36.4 Å². The van der Waals surface area contributed by atoms with Gasteiger partial charge >= 0.3 is 0 Å². The molecule has 3 nitrogen and oxygen atoms in total. The largest absolute Gasteiger partial charge is 0.368 e. The molecule has 0 spiro atoms. The van der Waals surface area contributed by atoms with Crippen molar-refractivity contribution in [3.05, 3.63) is 42.0 Å². The van der Waals surface area contributed by atoms with Gasteiger partial charge in [0.15, 0.2) is 0 Å². The molecular formula is C15H16ClN3. The van der Waals surface area contributed by atoms with Crippen LogP contribution >= 0.6 is 12.4 Å². The first-order chi connectivity index (χ1) is 8.88. The number of nitriles is 1. The molecule has 1 aliphatic rings. The molecule has 2 aromatic carbocycles. The molecule has 1 N–H and O–H groups in total. The van der Waals surface area contributed by atoms with E-state index in [0.717, 1.165) is 31.7 Å². The zero-order chi connectivity index (χ0) is 12.4. The molecule has 0 unspecified atom stereocenters. The van der Waals surface area contributed by atoms with Gasteiger partial charge in [-0.25, -0.2) is 0 Å². The lowest BCUT2D eigenvalue weighted by Gasteiger charge is -2.30. The van der Waals surface area contributed by atoms with Gasteiger partial charge in [0, 0.05) is 37.3 Å². The first-order valence-electron chi connectivity index (χ1n) is 6.27. The van der Waals surface area contributed by atoms with Crippen LogP contribution in [0.5, 0.6) is 0 Å². The molecule has 2 aromatic rings. The highest BCUT2D eigenvalue weighted by Gasteiger charge is 2.13. The third kappa shape index (κ3) is 2.65. The summed E-state index contributed by atoms with van der Waals surface area (Å²) in [6.07, 6.45) is 0. The highest BCUT2D eigenvalue weighted by Crippen LogP contribution is 2.27. The van der Waals surface area contributed by atoms with Crippen LogP contribution < -0.4 is 10.2 Å². The van der Waals surface area contributed by atoms with Gasteiger partial charge in [-0.1, -0.05) is 18.2 Å². The van der Waals surface area contributed by atoms with Gasteiger partial charge in [0.1, 0.15) is 0 Å². The molecule has 0 amide bonds. The number of halogens is 1. The summed E-state index contributed by atoms with van der Waals surface area (Å²) < 4.78 is 0. The van der Waals surface area contributed by atoms with E-state index < -0.39 is 0 Å². The molecule has 1 heterocycles. The topological polar surface area (TPSA) is 39.1 Å². The molecule has 1 aliphatic heterocycles. The van der Waals surface area contributed by atoms with Crippen LogP contribution in [0.4, 0.5) is 5.69 Å². The Kier molecular flexibility index (Phi) is 4.26. The molecule has 98 valence electrons. The average molecular weight is 274 g/mol. The fraction of sp³-hybridized carbons (Fsp3) is 0.267. The van der Waals surface area contributed by atoms with Gasteiger partial charge in [0.05, 0.1) is 11.6 Å². The van der Waals surface area contributed by atoms with Crippen molar-refractivity contribution in [3.8, 4) is 6.07 Å². The number of hydrogen-bond acceptors (Lipinski definition) is 3. The van der Waals surface area contributed by atoms with Gasteiger partial charge in [-0.2, -0.15) is 5.26 Å². The normalized spacial score (nSPS) is 14.8. The second kappa shape index (κ2) is 5.92. The van der Waals surface area contributed by atoms with Crippen LogP contribution in [0.2, 0.25) is 0 Å². The minimum atomic E-state index is 0. The highest BCUT2D eigenvalue weighted by molar-refractivity contribution is 5.95. The summed E-state index contributed by atoms with van der Waals surface area (Å²) in [5.74, 6) is 0. The number of benzene rings is 2. The number of rotatable bonds is 1. The van der Waals surface area contributed by atoms with E-state index >= 15 is 0 Å². The number of piperazine rings is 1. The second-order valence-electron chi connectivity index (χ2n) is 4.56. The molecule has 0 radical (unpaired) electrons. The van der Waals surface area contributed by atoms with E-state index in [1.807, 2.05) is 18.2 Å². The van der Waals surface area contributed by atoms with E-state index in [2.05, 4.69) is 34.5 Å². The lowest BCUT2D eigenvalue weighted by atomic mass is 10.0. The van der Waals surface area contributed by atoms with Gasteiger partial charge in [-0.05, 0) is 23.6 Å². The fourth-order valence-corrected chi connectivity index (χ4v) is 2.51. The summed E-state index contributed by atoms with van der Waals surface area (Å²) in [4.78, 5) is 2.39. The molecular weight excluding hydrogens is 258 g/mol. The molecule has 4 heteroatoms. The van der Waals surface area contributed by atoms with E-state index in [1.165, 1.54) is 16.5 Å². The Morgan fingerprint density at radius 1 is 1.11 bits per heavy atom. The number of hydrogen-bond donors (Lipinski definition) is 1. The predicted molar refractivity (Wildman–Crippen MR) is 81.0 cm³/mol.